The number of carboxylic acids is 1. The fourth-order valence-electron chi connectivity index (χ4n) is 4.74. The predicted octanol–water partition coefficient (Wildman–Crippen LogP) is 4.63. The summed E-state index contributed by atoms with van der Waals surface area (Å²) in [5, 5.41) is 17.3. The van der Waals surface area contributed by atoms with Crippen molar-refractivity contribution in [3.8, 4) is 28.4 Å². The maximum absolute atomic E-state index is 10.5. The second-order valence-electron chi connectivity index (χ2n) is 9.82. The lowest BCUT2D eigenvalue weighted by molar-refractivity contribution is -0.136. The van der Waals surface area contributed by atoms with Crippen LogP contribution in [0.2, 0.25) is 0 Å². The lowest BCUT2D eigenvalue weighted by Gasteiger charge is -2.23. The largest absolute Gasteiger partial charge is 0.768 e. The number of imidazole rings is 1. The van der Waals surface area contributed by atoms with Crippen LogP contribution >= 0.6 is 11.3 Å². The molecule has 3 N–H and O–H groups in total. The maximum atomic E-state index is 10.5. The van der Waals surface area contributed by atoms with Crippen molar-refractivity contribution < 1.29 is 23.4 Å². The van der Waals surface area contributed by atoms with Gasteiger partial charge in [0.15, 0.2) is 4.96 Å². The highest BCUT2D eigenvalue weighted by molar-refractivity contribution is 7.79. The highest BCUT2D eigenvalue weighted by Gasteiger charge is 2.20. The lowest BCUT2D eigenvalue weighted by Crippen LogP contribution is -2.38. The van der Waals surface area contributed by atoms with Crippen LogP contribution in [0.15, 0.2) is 77.3 Å². The fourth-order valence-corrected chi connectivity index (χ4v) is 5.81. The molecule has 13 heteroatoms. The Labute approximate surface area is 255 Å². The summed E-state index contributed by atoms with van der Waals surface area (Å²) in [7, 11) is 1.67. The van der Waals surface area contributed by atoms with Gasteiger partial charge in [-0.3, -0.25) is 13.4 Å². The smallest absolute Gasteiger partial charge is 0.303 e. The fraction of sp³-hybridized carbons (Fsp3) is 0.267. The highest BCUT2D eigenvalue weighted by atomic mass is 32.2. The van der Waals surface area contributed by atoms with E-state index in [1.807, 2.05) is 48.1 Å². The predicted molar refractivity (Wildman–Crippen MR) is 165 cm³/mol. The molecule has 0 spiro atoms. The number of thiazole rings is 1. The number of nitrogens with one attached hydrogen (secondary N) is 2. The molecule has 0 bridgehead atoms. The summed E-state index contributed by atoms with van der Waals surface area (Å²) >= 11 is -0.609. The van der Waals surface area contributed by atoms with Gasteiger partial charge in [-0.2, -0.15) is 0 Å². The lowest BCUT2D eigenvalue weighted by atomic mass is 10.1. The van der Waals surface area contributed by atoms with Crippen LogP contribution < -0.4 is 15.4 Å². The van der Waals surface area contributed by atoms with E-state index in [0.29, 0.717) is 18.4 Å². The average molecular weight is 620 g/mol. The standard InChI is InChI=1S/C21H22N6OS.C9H10O4S/c1-28-16-6-2-4-14(12-16)18-19(27-10-11-29-21(27)26-18)17-7-9-23-20(25-17)24-15-5-3-8-22-13-15;10-9(11)6-3-7-1-4-8(5-2-7)14(12)13/h2,4,6-7,9-12,15,22H,3,5,8,13H2,1H3,(H,23,24,25);1-2,4-5H,3,6H2,(H,10,11)(H,12,13)/p-1/t15-;/m1./s1. The number of methoxy groups -OCH3 is 1. The SMILES string of the molecule is COc1cccc(-c2nc3sccn3c2-c2ccnc(N[C@@H]3CCCNC3)n2)c1.O=C(O)CCc1ccc(S(=O)[O-])cc1. The molecule has 1 aliphatic heterocycles. The number of hydrogen-bond acceptors (Lipinski definition) is 10. The van der Waals surface area contributed by atoms with Crippen molar-refractivity contribution in [3.63, 3.8) is 0 Å². The summed E-state index contributed by atoms with van der Waals surface area (Å²) < 4.78 is 28.5. The minimum Gasteiger partial charge on any atom is -0.768 e. The van der Waals surface area contributed by atoms with E-state index in [-0.39, 0.29) is 11.3 Å². The molecule has 4 heterocycles. The molecule has 3 aromatic heterocycles. The molecular weight excluding hydrogens is 589 g/mol. The number of aromatic nitrogens is 4. The topological polar surface area (TPSA) is 154 Å². The number of carbonyl (C=O) groups is 1. The molecule has 0 amide bonds. The first-order valence-corrected chi connectivity index (χ1v) is 15.7. The van der Waals surface area contributed by atoms with Crippen LogP contribution in [0.4, 0.5) is 5.95 Å². The second kappa shape index (κ2) is 14.3. The van der Waals surface area contributed by atoms with Gasteiger partial charge in [0, 0.05) is 47.2 Å². The van der Waals surface area contributed by atoms with Crippen LogP contribution in [0.25, 0.3) is 27.6 Å². The quantitative estimate of drug-likeness (QED) is 0.199. The summed E-state index contributed by atoms with van der Waals surface area (Å²) in [5.74, 6) is 0.596. The monoisotopic (exact) mass is 619 g/mol. The molecule has 1 fully saturated rings. The number of ether oxygens (including phenoxy) is 1. The van der Waals surface area contributed by atoms with Crippen molar-refractivity contribution in [2.75, 3.05) is 25.5 Å². The van der Waals surface area contributed by atoms with Gasteiger partial charge in [0.05, 0.1) is 18.5 Å². The van der Waals surface area contributed by atoms with Crippen molar-refractivity contribution >= 4 is 39.3 Å². The Bertz CT molecular complexity index is 1700. The summed E-state index contributed by atoms with van der Waals surface area (Å²) in [6.45, 7) is 2.01. The first-order chi connectivity index (χ1) is 20.9. The summed E-state index contributed by atoms with van der Waals surface area (Å²) in [5.41, 5.74) is 4.51. The first kappa shape index (κ1) is 30.3. The van der Waals surface area contributed by atoms with Gasteiger partial charge in [0.1, 0.15) is 11.4 Å². The third kappa shape index (κ3) is 7.82. The van der Waals surface area contributed by atoms with Crippen LogP contribution in [0.3, 0.4) is 0 Å². The molecule has 0 aliphatic carbocycles. The molecule has 6 rings (SSSR count). The van der Waals surface area contributed by atoms with Crippen LogP contribution in [-0.2, 0) is 22.3 Å². The van der Waals surface area contributed by atoms with Crippen molar-refractivity contribution in [3.05, 3.63) is 77.9 Å². The number of aryl methyl sites for hydroxylation is 1. The van der Waals surface area contributed by atoms with Gasteiger partial charge in [-0.1, -0.05) is 24.3 Å². The molecule has 43 heavy (non-hydrogen) atoms. The van der Waals surface area contributed by atoms with Crippen LogP contribution in [0.1, 0.15) is 24.8 Å². The Hall–Kier alpha value is -4.17. The first-order valence-electron chi connectivity index (χ1n) is 13.7. The zero-order chi connectivity index (χ0) is 30.2. The Kier molecular flexibility index (Phi) is 10.1. The number of nitrogens with zero attached hydrogens (tertiary/aromatic N) is 4. The van der Waals surface area contributed by atoms with E-state index in [1.54, 1.807) is 30.6 Å². The average Bonchev–Trinajstić information content (AvgIpc) is 3.63. The Morgan fingerprint density at radius 2 is 2.07 bits per heavy atom. The summed E-state index contributed by atoms with van der Waals surface area (Å²) in [6, 6.07) is 16.4. The van der Waals surface area contributed by atoms with Crippen molar-refractivity contribution in [1.29, 1.82) is 0 Å². The third-order valence-corrected chi connectivity index (χ3v) is 8.29. The molecule has 0 saturated carbocycles. The van der Waals surface area contributed by atoms with Gasteiger partial charge in [-0.05, 0) is 72.8 Å². The molecule has 2 atom stereocenters. The zero-order valence-electron chi connectivity index (χ0n) is 23.4. The van der Waals surface area contributed by atoms with E-state index < -0.39 is 17.0 Å². The van der Waals surface area contributed by atoms with Crippen molar-refractivity contribution in [2.24, 2.45) is 0 Å². The van der Waals surface area contributed by atoms with E-state index in [9.17, 15) is 13.6 Å². The van der Waals surface area contributed by atoms with Gasteiger partial charge in [0.25, 0.3) is 0 Å². The summed E-state index contributed by atoms with van der Waals surface area (Å²) in [6.07, 6.45) is 6.60. The van der Waals surface area contributed by atoms with E-state index in [1.165, 1.54) is 12.1 Å². The summed E-state index contributed by atoms with van der Waals surface area (Å²) in [4.78, 5) is 25.5. The van der Waals surface area contributed by atoms with Gasteiger partial charge in [-0.15, -0.1) is 11.3 Å². The van der Waals surface area contributed by atoms with Crippen LogP contribution in [0, 0.1) is 0 Å². The number of benzene rings is 2. The molecule has 11 nitrogen and oxygen atoms in total. The number of hydrogen-bond donors (Lipinski definition) is 3. The van der Waals surface area contributed by atoms with Gasteiger partial charge < -0.3 is 25.0 Å². The third-order valence-electron chi connectivity index (χ3n) is 6.88. The van der Waals surface area contributed by atoms with Crippen LogP contribution in [0.5, 0.6) is 5.75 Å². The van der Waals surface area contributed by atoms with Crippen molar-refractivity contribution in [2.45, 2.75) is 36.6 Å². The number of rotatable bonds is 9. The van der Waals surface area contributed by atoms with E-state index in [2.05, 4.69) is 20.0 Å². The van der Waals surface area contributed by atoms with Gasteiger partial charge in [-0.25, -0.2) is 15.0 Å². The minimum absolute atomic E-state index is 0.0554. The van der Waals surface area contributed by atoms with Crippen molar-refractivity contribution in [1.82, 2.24) is 24.7 Å². The Balaban J connectivity index is 0.000000222. The maximum Gasteiger partial charge on any atom is 0.303 e. The Morgan fingerprint density at radius 1 is 1.23 bits per heavy atom. The van der Waals surface area contributed by atoms with E-state index in [4.69, 9.17) is 19.8 Å². The second-order valence-corrected chi connectivity index (χ2v) is 11.6. The number of fused-ring (bicyclic) bond motifs is 1. The molecule has 5 aromatic rings. The molecule has 1 unspecified atom stereocenters. The minimum atomic E-state index is -2.22. The number of aliphatic carboxylic acids is 1. The Morgan fingerprint density at radius 3 is 2.79 bits per heavy atom. The van der Waals surface area contributed by atoms with E-state index in [0.717, 1.165) is 64.9 Å². The molecule has 1 saturated heterocycles. The van der Waals surface area contributed by atoms with Gasteiger partial charge >= 0.3 is 5.97 Å². The molecular formula is C30H31N6O5S2-. The molecule has 0 radical (unpaired) electrons. The normalized spacial score (nSPS) is 15.3. The number of anilines is 1. The molecule has 2 aromatic carbocycles. The highest BCUT2D eigenvalue weighted by Crippen LogP contribution is 2.35. The number of carboxylic acid groups (broad SMARTS) is 1. The van der Waals surface area contributed by atoms with E-state index >= 15 is 0 Å². The molecule has 224 valence electrons. The van der Waals surface area contributed by atoms with Crippen LogP contribution in [-0.4, -0.2) is 65.4 Å². The van der Waals surface area contributed by atoms with Gasteiger partial charge in [0.2, 0.25) is 5.95 Å². The molecule has 1 aliphatic rings. The number of piperidine rings is 1. The zero-order valence-corrected chi connectivity index (χ0v) is 25.1.